The second-order valence-electron chi connectivity index (χ2n) is 8.55. The molecule has 4 heterocycles. The summed E-state index contributed by atoms with van der Waals surface area (Å²) in [6.07, 6.45) is 8.63. The highest BCUT2D eigenvalue weighted by Gasteiger charge is 2.66. The summed E-state index contributed by atoms with van der Waals surface area (Å²) < 4.78 is 6.19. The normalized spacial score (nSPS) is 33.1. The molecule has 1 aromatic carbocycles. The maximum absolute atomic E-state index is 13.2. The number of benzene rings is 1. The minimum Gasteiger partial charge on any atom is -0.361 e. The highest BCUT2D eigenvalue weighted by molar-refractivity contribution is 5.93. The lowest BCUT2D eigenvalue weighted by Gasteiger charge is -2.23. The molecule has 6 heteroatoms. The molecule has 144 valence electrons. The Bertz CT molecular complexity index is 1010. The highest BCUT2D eigenvalue weighted by atomic mass is 16.5. The zero-order valence-electron chi connectivity index (χ0n) is 15.6. The van der Waals surface area contributed by atoms with Crippen LogP contribution in [-0.4, -0.2) is 52.5 Å². The zero-order chi connectivity index (χ0) is 18.9. The van der Waals surface area contributed by atoms with Gasteiger partial charge >= 0.3 is 0 Å². The van der Waals surface area contributed by atoms with Gasteiger partial charge in [-0.2, -0.15) is 0 Å². The molecule has 6 nitrogen and oxygen atoms in total. The van der Waals surface area contributed by atoms with E-state index in [4.69, 9.17) is 4.74 Å². The summed E-state index contributed by atoms with van der Waals surface area (Å²) in [6.45, 7) is 1.18. The molecule has 2 amide bonds. The fourth-order valence-electron chi connectivity index (χ4n) is 5.19. The first-order valence-electron chi connectivity index (χ1n) is 10.2. The van der Waals surface area contributed by atoms with Gasteiger partial charge in [-0.25, -0.2) is 0 Å². The first-order valence-corrected chi connectivity index (χ1v) is 10.2. The van der Waals surface area contributed by atoms with Crippen molar-refractivity contribution >= 4 is 22.7 Å². The predicted molar refractivity (Wildman–Crippen MR) is 103 cm³/mol. The number of nitrogens with one attached hydrogen (secondary N) is 2. The van der Waals surface area contributed by atoms with Crippen LogP contribution in [0.5, 0.6) is 0 Å². The van der Waals surface area contributed by atoms with Crippen molar-refractivity contribution in [1.29, 1.82) is 0 Å². The third kappa shape index (κ3) is 2.30. The monoisotopic (exact) mass is 377 g/mol. The van der Waals surface area contributed by atoms with Gasteiger partial charge in [-0.15, -0.1) is 0 Å². The van der Waals surface area contributed by atoms with E-state index in [2.05, 4.69) is 22.4 Å². The summed E-state index contributed by atoms with van der Waals surface area (Å²) in [5, 5.41) is 4.27. The standard InChI is InChI=1S/C22H23N3O3/c26-20(24-14-5-6-14)18-17-7-9-22(28-17)12-25(21(27)19(18)22)10-8-13-11-23-16-4-2-1-3-15(13)16/h1-4,7,9,11,14,17-19,23H,5-6,8,10,12H2,(H,24,26)/t17-,18+,19-,22+/m1/s1. The van der Waals surface area contributed by atoms with Crippen LogP contribution in [0.4, 0.5) is 0 Å². The van der Waals surface area contributed by atoms with Crippen LogP contribution in [0, 0.1) is 11.8 Å². The first kappa shape index (κ1) is 16.4. The van der Waals surface area contributed by atoms with Crippen molar-refractivity contribution in [2.45, 2.75) is 37.0 Å². The Hall–Kier alpha value is -2.60. The number of aromatic amines is 1. The van der Waals surface area contributed by atoms with Gasteiger partial charge in [-0.1, -0.05) is 30.4 Å². The van der Waals surface area contributed by atoms with E-state index in [1.54, 1.807) is 0 Å². The molecular weight excluding hydrogens is 354 g/mol. The fraction of sp³-hybridized carbons (Fsp3) is 0.455. The van der Waals surface area contributed by atoms with E-state index in [1.807, 2.05) is 35.4 Å². The number of aromatic nitrogens is 1. The molecule has 2 N–H and O–H groups in total. The molecule has 6 rings (SSSR count). The molecule has 1 saturated carbocycles. The molecule has 3 fully saturated rings. The van der Waals surface area contributed by atoms with Gasteiger partial charge in [0.1, 0.15) is 5.60 Å². The number of fused-ring (bicyclic) bond motifs is 2. The average molecular weight is 377 g/mol. The molecule has 0 unspecified atom stereocenters. The second-order valence-corrected chi connectivity index (χ2v) is 8.55. The maximum atomic E-state index is 13.2. The number of likely N-dealkylation sites (tertiary alicyclic amines) is 1. The first-order chi connectivity index (χ1) is 13.6. The van der Waals surface area contributed by atoms with Crippen LogP contribution in [0.1, 0.15) is 18.4 Å². The Kier molecular flexibility index (Phi) is 3.33. The molecule has 2 saturated heterocycles. The number of ether oxygens (including phenoxy) is 1. The quantitative estimate of drug-likeness (QED) is 0.780. The van der Waals surface area contributed by atoms with E-state index >= 15 is 0 Å². The fourth-order valence-corrected chi connectivity index (χ4v) is 5.19. The number of hydrogen-bond donors (Lipinski definition) is 2. The summed E-state index contributed by atoms with van der Waals surface area (Å²) in [5.41, 5.74) is 1.71. The Labute approximate surface area is 162 Å². The molecule has 3 aliphatic heterocycles. The lowest BCUT2D eigenvalue weighted by Crippen LogP contribution is -2.44. The summed E-state index contributed by atoms with van der Waals surface area (Å²) in [4.78, 5) is 31.2. The molecular formula is C22H23N3O3. The van der Waals surface area contributed by atoms with E-state index in [-0.39, 0.29) is 23.8 Å². The number of H-pyrrole nitrogens is 1. The van der Waals surface area contributed by atoms with Crippen LogP contribution in [0.2, 0.25) is 0 Å². The van der Waals surface area contributed by atoms with Gasteiger partial charge in [-0.05, 0) is 30.9 Å². The van der Waals surface area contributed by atoms with Crippen LogP contribution in [0.15, 0.2) is 42.6 Å². The van der Waals surface area contributed by atoms with Crippen LogP contribution in [-0.2, 0) is 20.7 Å². The van der Waals surface area contributed by atoms with Gasteiger partial charge < -0.3 is 19.9 Å². The number of hydrogen-bond acceptors (Lipinski definition) is 3. The van der Waals surface area contributed by atoms with Crippen molar-refractivity contribution in [2.75, 3.05) is 13.1 Å². The van der Waals surface area contributed by atoms with Crippen LogP contribution in [0.25, 0.3) is 10.9 Å². The molecule has 28 heavy (non-hydrogen) atoms. The van der Waals surface area contributed by atoms with Crippen molar-refractivity contribution in [2.24, 2.45) is 11.8 Å². The minimum absolute atomic E-state index is 0.0180. The van der Waals surface area contributed by atoms with Crippen molar-refractivity contribution in [3.63, 3.8) is 0 Å². The molecule has 4 atom stereocenters. The second kappa shape index (κ2) is 5.70. The van der Waals surface area contributed by atoms with E-state index in [0.717, 1.165) is 24.8 Å². The van der Waals surface area contributed by atoms with Gasteiger partial charge in [0.2, 0.25) is 11.8 Å². The molecule has 0 radical (unpaired) electrons. The zero-order valence-corrected chi connectivity index (χ0v) is 15.6. The van der Waals surface area contributed by atoms with E-state index in [9.17, 15) is 9.59 Å². The van der Waals surface area contributed by atoms with Crippen molar-refractivity contribution < 1.29 is 14.3 Å². The molecule has 1 spiro atoms. The predicted octanol–water partition coefficient (Wildman–Crippen LogP) is 1.77. The Morgan fingerprint density at radius 3 is 3.04 bits per heavy atom. The van der Waals surface area contributed by atoms with Crippen molar-refractivity contribution in [3.05, 3.63) is 48.2 Å². The summed E-state index contributed by atoms with van der Waals surface area (Å²) in [6, 6.07) is 8.50. The van der Waals surface area contributed by atoms with Gasteiger partial charge in [-0.3, -0.25) is 9.59 Å². The average Bonchev–Trinajstić information content (AvgIpc) is 3.06. The van der Waals surface area contributed by atoms with E-state index in [0.29, 0.717) is 19.1 Å². The van der Waals surface area contributed by atoms with Gasteiger partial charge in [0, 0.05) is 29.7 Å². The molecule has 2 bridgehead atoms. The van der Waals surface area contributed by atoms with E-state index < -0.39 is 11.5 Å². The number of amides is 2. The number of nitrogens with zero attached hydrogens (tertiary/aromatic N) is 1. The Balaban J connectivity index is 1.21. The van der Waals surface area contributed by atoms with Crippen LogP contribution >= 0.6 is 0 Å². The smallest absolute Gasteiger partial charge is 0.230 e. The Morgan fingerprint density at radius 1 is 1.32 bits per heavy atom. The number of carbonyl (C=O) groups excluding carboxylic acids is 2. The third-order valence-corrected chi connectivity index (χ3v) is 6.73. The third-order valence-electron chi connectivity index (χ3n) is 6.73. The van der Waals surface area contributed by atoms with Crippen LogP contribution < -0.4 is 5.32 Å². The van der Waals surface area contributed by atoms with Crippen LogP contribution in [0.3, 0.4) is 0 Å². The van der Waals surface area contributed by atoms with Gasteiger partial charge in [0.15, 0.2) is 0 Å². The molecule has 1 aromatic heterocycles. The topological polar surface area (TPSA) is 74.4 Å². The molecule has 2 aromatic rings. The number of carbonyl (C=O) groups is 2. The van der Waals surface area contributed by atoms with Gasteiger partial charge in [0.05, 0.1) is 24.5 Å². The largest absolute Gasteiger partial charge is 0.361 e. The number of para-hydroxylation sites is 1. The minimum atomic E-state index is -0.618. The number of rotatable bonds is 5. The lowest BCUT2D eigenvalue weighted by molar-refractivity contribution is -0.137. The SMILES string of the molecule is O=C(NC1CC1)[C@H]1[C@H]2C=C[C@@]3(CN(CCc4c[nH]c5ccccc45)C(=O)[C@@H]13)O2. The summed E-state index contributed by atoms with van der Waals surface area (Å²) in [7, 11) is 0. The molecule has 1 aliphatic carbocycles. The van der Waals surface area contributed by atoms with Crippen molar-refractivity contribution in [3.8, 4) is 0 Å². The highest BCUT2D eigenvalue weighted by Crippen LogP contribution is 2.52. The van der Waals surface area contributed by atoms with E-state index in [1.165, 1.54) is 10.9 Å². The maximum Gasteiger partial charge on any atom is 0.230 e. The van der Waals surface area contributed by atoms with Gasteiger partial charge in [0.25, 0.3) is 0 Å². The van der Waals surface area contributed by atoms with Crippen molar-refractivity contribution in [1.82, 2.24) is 15.2 Å². The Morgan fingerprint density at radius 2 is 2.18 bits per heavy atom. The summed E-state index contributed by atoms with van der Waals surface area (Å²) in [5.74, 6) is -0.737. The molecule has 4 aliphatic rings. The summed E-state index contributed by atoms with van der Waals surface area (Å²) >= 11 is 0. The lowest BCUT2D eigenvalue weighted by atomic mass is 9.77.